The van der Waals surface area contributed by atoms with E-state index in [1.165, 1.54) is 0 Å². The van der Waals surface area contributed by atoms with Crippen LogP contribution >= 0.6 is 0 Å². The maximum Gasteiger partial charge on any atom is 0.118 e. The molecule has 3 aromatic carbocycles. The Labute approximate surface area is 218 Å². The highest BCUT2D eigenvalue weighted by molar-refractivity contribution is 5.28. The lowest BCUT2D eigenvalue weighted by molar-refractivity contribution is -0.157. The van der Waals surface area contributed by atoms with Gasteiger partial charge in [0, 0.05) is 0 Å². The number of hydrogen-bond donors (Lipinski definition) is 2. The van der Waals surface area contributed by atoms with Crippen molar-refractivity contribution in [2.75, 3.05) is 34.5 Å². The van der Waals surface area contributed by atoms with Crippen LogP contribution in [0.5, 0.6) is 17.2 Å². The Morgan fingerprint density at radius 3 is 1.41 bits per heavy atom. The summed E-state index contributed by atoms with van der Waals surface area (Å²) in [6.45, 7) is 0.424. The summed E-state index contributed by atoms with van der Waals surface area (Å²) in [6, 6.07) is 22.4. The Kier molecular flexibility index (Phi) is 11.7. The van der Waals surface area contributed by atoms with Gasteiger partial charge in [-0.1, -0.05) is 36.4 Å². The van der Waals surface area contributed by atoms with Gasteiger partial charge in [-0.05, 0) is 53.1 Å². The third kappa shape index (κ3) is 9.03. The summed E-state index contributed by atoms with van der Waals surface area (Å²) in [5.41, 5.74) is 2.74. The predicted molar refractivity (Wildman–Crippen MR) is 139 cm³/mol. The van der Waals surface area contributed by atoms with E-state index in [0.717, 1.165) is 33.9 Å². The van der Waals surface area contributed by atoms with Crippen molar-refractivity contribution in [3.05, 3.63) is 89.5 Å². The molecule has 0 fully saturated rings. The molecule has 0 bridgehead atoms. The van der Waals surface area contributed by atoms with E-state index in [4.69, 9.17) is 28.4 Å². The topological polar surface area (TPSA) is 95.8 Å². The van der Waals surface area contributed by atoms with Crippen molar-refractivity contribution < 1.29 is 38.6 Å². The number of ether oxygens (including phenoxy) is 6. The van der Waals surface area contributed by atoms with Crippen LogP contribution in [0, 0.1) is 0 Å². The number of methoxy groups -OCH3 is 3. The van der Waals surface area contributed by atoms with E-state index in [0.29, 0.717) is 6.61 Å². The van der Waals surface area contributed by atoms with Crippen LogP contribution in [0.15, 0.2) is 72.8 Å². The molecule has 0 spiro atoms. The normalized spacial score (nSPS) is 13.5. The summed E-state index contributed by atoms with van der Waals surface area (Å²) >= 11 is 0. The fourth-order valence-electron chi connectivity index (χ4n) is 3.67. The molecule has 8 heteroatoms. The minimum absolute atomic E-state index is 0.00169. The summed E-state index contributed by atoms with van der Waals surface area (Å²) in [5.74, 6) is 2.24. The van der Waals surface area contributed by atoms with Gasteiger partial charge in [0.05, 0.1) is 54.4 Å². The lowest BCUT2D eigenvalue weighted by Gasteiger charge is -2.30. The third-order valence-electron chi connectivity index (χ3n) is 5.87. The Balaban J connectivity index is 1.63. The Morgan fingerprint density at radius 2 is 1.00 bits per heavy atom. The molecule has 0 saturated carbocycles. The SMILES string of the molecule is COc1ccc(COC[C@@H](O)[C@H](OCc2ccc(OC)cc2)[C@H](CO)OCc2ccc(OC)cc2)cc1. The fourth-order valence-corrected chi connectivity index (χ4v) is 3.67. The summed E-state index contributed by atoms with van der Waals surface area (Å²) in [5, 5.41) is 21.1. The zero-order chi connectivity index (χ0) is 26.5. The van der Waals surface area contributed by atoms with E-state index < -0.39 is 18.3 Å². The van der Waals surface area contributed by atoms with Crippen molar-refractivity contribution in [3.8, 4) is 17.2 Å². The molecule has 0 aromatic heterocycles. The summed E-state index contributed by atoms with van der Waals surface area (Å²) < 4.78 is 33.4. The van der Waals surface area contributed by atoms with E-state index in [-0.39, 0.29) is 26.4 Å². The zero-order valence-corrected chi connectivity index (χ0v) is 21.5. The maximum absolute atomic E-state index is 11.0. The minimum Gasteiger partial charge on any atom is -0.497 e. The van der Waals surface area contributed by atoms with Crippen LogP contribution in [0.1, 0.15) is 16.7 Å². The van der Waals surface area contributed by atoms with Gasteiger partial charge in [-0.25, -0.2) is 0 Å². The van der Waals surface area contributed by atoms with Crippen molar-refractivity contribution >= 4 is 0 Å². The van der Waals surface area contributed by atoms with E-state index >= 15 is 0 Å². The van der Waals surface area contributed by atoms with Gasteiger partial charge in [-0.3, -0.25) is 0 Å². The predicted octanol–water partition coefficient (Wildman–Crippen LogP) is 3.75. The molecular weight excluding hydrogens is 476 g/mol. The first-order valence-electron chi connectivity index (χ1n) is 12.0. The van der Waals surface area contributed by atoms with Crippen LogP contribution < -0.4 is 14.2 Å². The van der Waals surface area contributed by atoms with Crippen LogP contribution in [0.25, 0.3) is 0 Å². The smallest absolute Gasteiger partial charge is 0.118 e. The van der Waals surface area contributed by atoms with Crippen LogP contribution in [0.4, 0.5) is 0 Å². The van der Waals surface area contributed by atoms with Crippen molar-refractivity contribution in [2.45, 2.75) is 38.1 Å². The van der Waals surface area contributed by atoms with E-state index in [2.05, 4.69) is 0 Å². The van der Waals surface area contributed by atoms with Gasteiger partial charge in [0.15, 0.2) is 0 Å². The quantitative estimate of drug-likeness (QED) is 0.300. The maximum atomic E-state index is 11.0. The van der Waals surface area contributed by atoms with Crippen LogP contribution in [0.2, 0.25) is 0 Å². The average Bonchev–Trinajstić information content (AvgIpc) is 2.95. The molecule has 37 heavy (non-hydrogen) atoms. The number of rotatable bonds is 16. The molecule has 3 rings (SSSR count). The van der Waals surface area contributed by atoms with Gasteiger partial charge in [0.2, 0.25) is 0 Å². The van der Waals surface area contributed by atoms with Gasteiger partial charge < -0.3 is 38.6 Å². The molecule has 0 aliphatic heterocycles. The number of aliphatic hydroxyl groups is 2. The second-order valence-corrected chi connectivity index (χ2v) is 8.43. The van der Waals surface area contributed by atoms with Crippen LogP contribution in [0.3, 0.4) is 0 Å². The van der Waals surface area contributed by atoms with Crippen molar-refractivity contribution in [2.24, 2.45) is 0 Å². The first-order chi connectivity index (χ1) is 18.1. The molecule has 2 N–H and O–H groups in total. The molecule has 0 aliphatic rings. The third-order valence-corrected chi connectivity index (χ3v) is 5.87. The number of hydrogen-bond acceptors (Lipinski definition) is 8. The van der Waals surface area contributed by atoms with Gasteiger partial charge >= 0.3 is 0 Å². The fraction of sp³-hybridized carbons (Fsp3) is 0.379. The Morgan fingerprint density at radius 1 is 0.595 bits per heavy atom. The lowest BCUT2D eigenvalue weighted by atomic mass is 10.1. The monoisotopic (exact) mass is 512 g/mol. The molecule has 0 saturated heterocycles. The Hall–Kier alpha value is -3.14. The molecule has 0 amide bonds. The van der Waals surface area contributed by atoms with Crippen molar-refractivity contribution in [1.82, 2.24) is 0 Å². The molecule has 3 aromatic rings. The largest absolute Gasteiger partial charge is 0.497 e. The number of aliphatic hydroxyl groups excluding tert-OH is 2. The highest BCUT2D eigenvalue weighted by Crippen LogP contribution is 2.19. The molecular formula is C29H36O8. The van der Waals surface area contributed by atoms with Gasteiger partial charge in [-0.2, -0.15) is 0 Å². The minimum atomic E-state index is -1.04. The summed E-state index contributed by atoms with van der Waals surface area (Å²) in [4.78, 5) is 0. The standard InChI is InChI=1S/C29H36O8/c1-32-24-10-4-21(5-11-24)17-35-20-27(31)29(37-19-23-8-14-26(34-3)15-9-23)28(16-30)36-18-22-6-12-25(33-2)13-7-22/h4-15,27-31H,16-20H2,1-3H3/t27-,28+,29+/m1/s1. The molecule has 0 heterocycles. The molecule has 0 radical (unpaired) electrons. The van der Waals surface area contributed by atoms with Gasteiger partial charge in [0.25, 0.3) is 0 Å². The summed E-state index contributed by atoms with van der Waals surface area (Å²) in [6.07, 6.45) is -2.65. The number of benzene rings is 3. The molecule has 8 nitrogen and oxygen atoms in total. The second-order valence-electron chi connectivity index (χ2n) is 8.43. The second kappa shape index (κ2) is 15.2. The molecule has 200 valence electrons. The van der Waals surface area contributed by atoms with E-state index in [1.54, 1.807) is 21.3 Å². The van der Waals surface area contributed by atoms with Crippen molar-refractivity contribution in [1.29, 1.82) is 0 Å². The average molecular weight is 513 g/mol. The van der Waals surface area contributed by atoms with Crippen LogP contribution in [-0.4, -0.2) is 63.1 Å². The first kappa shape index (κ1) is 28.4. The van der Waals surface area contributed by atoms with Crippen molar-refractivity contribution in [3.63, 3.8) is 0 Å². The highest BCUT2D eigenvalue weighted by atomic mass is 16.6. The van der Waals surface area contributed by atoms with E-state index in [9.17, 15) is 10.2 Å². The highest BCUT2D eigenvalue weighted by Gasteiger charge is 2.30. The summed E-state index contributed by atoms with van der Waals surface area (Å²) in [7, 11) is 4.83. The zero-order valence-electron chi connectivity index (χ0n) is 21.5. The molecule has 3 atom stereocenters. The molecule has 0 unspecified atom stereocenters. The lowest BCUT2D eigenvalue weighted by Crippen LogP contribution is -2.45. The van der Waals surface area contributed by atoms with Crippen LogP contribution in [-0.2, 0) is 34.0 Å². The molecule has 0 aliphatic carbocycles. The van der Waals surface area contributed by atoms with Gasteiger partial charge in [0.1, 0.15) is 35.6 Å². The van der Waals surface area contributed by atoms with Gasteiger partial charge in [-0.15, -0.1) is 0 Å². The Bertz CT molecular complexity index is 1020. The first-order valence-corrected chi connectivity index (χ1v) is 12.0. The van der Waals surface area contributed by atoms with E-state index in [1.807, 2.05) is 72.8 Å².